The van der Waals surface area contributed by atoms with Gasteiger partial charge in [-0.05, 0) is 38.9 Å². The van der Waals surface area contributed by atoms with Crippen molar-refractivity contribution in [3.05, 3.63) is 51.0 Å². The Hall–Kier alpha value is -1.33. The second-order valence-corrected chi connectivity index (χ2v) is 5.70. The Morgan fingerprint density at radius 1 is 1.32 bits per heavy atom. The third kappa shape index (κ3) is 3.16. The van der Waals surface area contributed by atoms with Crippen molar-refractivity contribution in [1.29, 1.82) is 0 Å². The van der Waals surface area contributed by atoms with E-state index in [4.69, 9.17) is 0 Å². The molecule has 0 saturated carbocycles. The summed E-state index contributed by atoms with van der Waals surface area (Å²) in [5.74, 6) is -1.05. The Morgan fingerprint density at radius 2 is 2.05 bits per heavy atom. The van der Waals surface area contributed by atoms with Crippen LogP contribution in [-0.4, -0.2) is 12.0 Å². The Bertz CT molecular complexity index is 581. The van der Waals surface area contributed by atoms with Gasteiger partial charge in [0.15, 0.2) is 0 Å². The first-order chi connectivity index (χ1) is 9.01. The van der Waals surface area contributed by atoms with Crippen LogP contribution in [0.2, 0.25) is 0 Å². The molecule has 1 unspecified atom stereocenters. The number of aromatic nitrogens is 1. The molecular weight excluding hydrogens is 266 g/mol. The molecule has 1 heterocycles. The number of hydrogen-bond donors (Lipinski definition) is 1. The molecule has 2 aromatic rings. The fourth-order valence-corrected chi connectivity index (χ4v) is 3.14. The second kappa shape index (κ2) is 5.75. The van der Waals surface area contributed by atoms with Gasteiger partial charge in [0.25, 0.3) is 0 Å². The van der Waals surface area contributed by atoms with Gasteiger partial charge in [-0.2, -0.15) is 0 Å². The van der Waals surface area contributed by atoms with Crippen LogP contribution in [0.3, 0.4) is 0 Å². The molecule has 0 aliphatic rings. The zero-order valence-electron chi connectivity index (χ0n) is 11.1. The smallest absolute Gasteiger partial charge is 0.129 e. The molecule has 0 radical (unpaired) electrons. The molecule has 0 bridgehead atoms. The van der Waals surface area contributed by atoms with Crippen molar-refractivity contribution in [2.75, 3.05) is 7.05 Å². The predicted molar refractivity (Wildman–Crippen MR) is 73.5 cm³/mol. The first-order valence-corrected chi connectivity index (χ1v) is 6.88. The molecule has 0 amide bonds. The Kier molecular flexibility index (Phi) is 4.27. The number of nitrogens with zero attached hydrogens (tertiary/aromatic N) is 1. The summed E-state index contributed by atoms with van der Waals surface area (Å²) in [6, 6.07) is 3.70. The van der Waals surface area contributed by atoms with Gasteiger partial charge >= 0.3 is 0 Å². The van der Waals surface area contributed by atoms with Crippen LogP contribution in [0.15, 0.2) is 18.2 Å². The minimum atomic E-state index is -0.549. The summed E-state index contributed by atoms with van der Waals surface area (Å²) < 4.78 is 26.6. The minimum absolute atomic E-state index is 0.00818. The van der Waals surface area contributed by atoms with Crippen molar-refractivity contribution < 1.29 is 8.78 Å². The first kappa shape index (κ1) is 14.1. The topological polar surface area (TPSA) is 24.9 Å². The summed E-state index contributed by atoms with van der Waals surface area (Å²) >= 11 is 1.61. The zero-order valence-corrected chi connectivity index (χ0v) is 11.9. The Morgan fingerprint density at radius 3 is 2.58 bits per heavy atom. The van der Waals surface area contributed by atoms with Crippen LogP contribution in [-0.2, 0) is 6.42 Å². The molecule has 2 nitrogen and oxygen atoms in total. The van der Waals surface area contributed by atoms with Gasteiger partial charge in [-0.3, -0.25) is 0 Å². The van der Waals surface area contributed by atoms with Gasteiger partial charge in [0, 0.05) is 17.0 Å². The highest BCUT2D eigenvalue weighted by molar-refractivity contribution is 7.11. The summed E-state index contributed by atoms with van der Waals surface area (Å²) in [5, 5.41) is 4.17. The fourth-order valence-electron chi connectivity index (χ4n) is 2.10. The maximum atomic E-state index is 13.7. The van der Waals surface area contributed by atoms with E-state index in [0.29, 0.717) is 12.0 Å². The largest absolute Gasteiger partial charge is 0.312 e. The highest BCUT2D eigenvalue weighted by Gasteiger charge is 2.18. The van der Waals surface area contributed by atoms with Gasteiger partial charge in [0.05, 0.1) is 10.7 Å². The van der Waals surface area contributed by atoms with E-state index in [-0.39, 0.29) is 6.04 Å². The van der Waals surface area contributed by atoms with E-state index in [9.17, 15) is 8.78 Å². The van der Waals surface area contributed by atoms with Gasteiger partial charge < -0.3 is 5.32 Å². The van der Waals surface area contributed by atoms with Crippen molar-refractivity contribution in [1.82, 2.24) is 10.3 Å². The SMILES string of the molecule is CNC(Cc1ccc(F)cc1F)c1sc(C)nc1C. The van der Waals surface area contributed by atoms with E-state index in [1.54, 1.807) is 11.3 Å². The highest BCUT2D eigenvalue weighted by Crippen LogP contribution is 2.28. The fraction of sp³-hybridized carbons (Fsp3) is 0.357. The standard InChI is InChI=1S/C14H16F2N2S/c1-8-14(19-9(2)18-8)13(17-3)6-10-4-5-11(15)7-12(10)16/h4-5,7,13,17H,6H2,1-3H3. The Labute approximate surface area is 115 Å². The minimum Gasteiger partial charge on any atom is -0.312 e. The molecule has 2 rings (SSSR count). The number of hydrogen-bond acceptors (Lipinski definition) is 3. The van der Waals surface area contributed by atoms with Crippen LogP contribution in [0.25, 0.3) is 0 Å². The first-order valence-electron chi connectivity index (χ1n) is 6.06. The van der Waals surface area contributed by atoms with E-state index < -0.39 is 11.6 Å². The van der Waals surface area contributed by atoms with Crippen LogP contribution >= 0.6 is 11.3 Å². The number of aryl methyl sites for hydroxylation is 2. The number of rotatable bonds is 4. The van der Waals surface area contributed by atoms with Gasteiger partial charge in [0.2, 0.25) is 0 Å². The summed E-state index contributed by atoms with van der Waals surface area (Å²) in [6.07, 6.45) is 0.477. The third-order valence-electron chi connectivity index (χ3n) is 3.04. The van der Waals surface area contributed by atoms with Crippen LogP contribution < -0.4 is 5.32 Å². The van der Waals surface area contributed by atoms with Crippen molar-refractivity contribution in [3.8, 4) is 0 Å². The van der Waals surface area contributed by atoms with Crippen molar-refractivity contribution in [2.45, 2.75) is 26.3 Å². The average molecular weight is 282 g/mol. The molecule has 1 aromatic heterocycles. The molecule has 1 N–H and O–H groups in total. The molecule has 0 saturated heterocycles. The molecule has 1 aromatic carbocycles. The van der Waals surface area contributed by atoms with E-state index in [1.807, 2.05) is 20.9 Å². The van der Waals surface area contributed by atoms with Gasteiger partial charge in [-0.1, -0.05) is 6.07 Å². The van der Waals surface area contributed by atoms with Gasteiger partial charge in [-0.25, -0.2) is 13.8 Å². The van der Waals surface area contributed by atoms with E-state index in [0.717, 1.165) is 21.6 Å². The number of benzene rings is 1. The molecule has 19 heavy (non-hydrogen) atoms. The molecular formula is C14H16F2N2S. The maximum Gasteiger partial charge on any atom is 0.129 e. The summed E-state index contributed by atoms with van der Waals surface area (Å²) in [4.78, 5) is 5.48. The van der Waals surface area contributed by atoms with Crippen LogP contribution in [0, 0.1) is 25.5 Å². The molecule has 5 heteroatoms. The Balaban J connectivity index is 2.26. The number of nitrogens with one attached hydrogen (secondary N) is 1. The molecule has 0 aliphatic heterocycles. The zero-order chi connectivity index (χ0) is 14.0. The average Bonchev–Trinajstić information content (AvgIpc) is 2.68. The van der Waals surface area contributed by atoms with Crippen LogP contribution in [0.5, 0.6) is 0 Å². The maximum absolute atomic E-state index is 13.7. The highest BCUT2D eigenvalue weighted by atomic mass is 32.1. The number of likely N-dealkylation sites (N-methyl/N-ethyl adjacent to an activating group) is 1. The normalized spacial score (nSPS) is 12.7. The van der Waals surface area contributed by atoms with Gasteiger partial charge in [-0.15, -0.1) is 11.3 Å². The summed E-state index contributed by atoms with van der Waals surface area (Å²) in [6.45, 7) is 3.90. The monoisotopic (exact) mass is 282 g/mol. The van der Waals surface area contributed by atoms with Crippen molar-refractivity contribution in [2.24, 2.45) is 0 Å². The lowest BCUT2D eigenvalue weighted by molar-refractivity contribution is 0.543. The van der Waals surface area contributed by atoms with Crippen LogP contribution in [0.1, 0.15) is 27.2 Å². The quantitative estimate of drug-likeness (QED) is 0.927. The lowest BCUT2D eigenvalue weighted by Crippen LogP contribution is -2.19. The molecule has 1 atom stereocenters. The molecule has 0 spiro atoms. The van der Waals surface area contributed by atoms with E-state index in [2.05, 4.69) is 10.3 Å². The summed E-state index contributed by atoms with van der Waals surface area (Å²) in [5.41, 5.74) is 1.47. The van der Waals surface area contributed by atoms with Gasteiger partial charge in [0.1, 0.15) is 11.6 Å². The molecule has 102 valence electrons. The second-order valence-electron chi connectivity index (χ2n) is 4.46. The third-order valence-corrected chi connectivity index (χ3v) is 4.23. The van der Waals surface area contributed by atoms with E-state index >= 15 is 0 Å². The summed E-state index contributed by atoms with van der Waals surface area (Å²) in [7, 11) is 1.83. The van der Waals surface area contributed by atoms with E-state index in [1.165, 1.54) is 12.1 Å². The van der Waals surface area contributed by atoms with Crippen molar-refractivity contribution in [3.63, 3.8) is 0 Å². The number of thiazole rings is 1. The number of halogens is 2. The molecule has 0 aliphatic carbocycles. The molecule has 0 fully saturated rings. The lowest BCUT2D eigenvalue weighted by Gasteiger charge is -2.15. The predicted octanol–water partition coefficient (Wildman–Crippen LogP) is 3.54. The van der Waals surface area contributed by atoms with Crippen molar-refractivity contribution >= 4 is 11.3 Å². The van der Waals surface area contributed by atoms with Crippen LogP contribution in [0.4, 0.5) is 8.78 Å². The lowest BCUT2D eigenvalue weighted by atomic mass is 10.0.